The molecule has 0 unspecified atom stereocenters. The van der Waals surface area contributed by atoms with Gasteiger partial charge in [-0.1, -0.05) is 16.5 Å². The minimum Gasteiger partial charge on any atom is -0.475 e. The number of carboxylic acid groups (broad SMARTS) is 1. The number of rotatable bonds is 2. The highest BCUT2D eigenvalue weighted by Gasteiger charge is 2.42. The number of fused-ring (bicyclic) bond motifs is 1. The van der Waals surface area contributed by atoms with Gasteiger partial charge in [0, 0.05) is 13.1 Å². The molecule has 2 saturated heterocycles. The topological polar surface area (TPSA) is 114 Å². The number of anilines is 1. The lowest BCUT2D eigenvalue weighted by molar-refractivity contribution is -0.192. The number of halogens is 3. The van der Waals surface area contributed by atoms with Gasteiger partial charge in [0.05, 0.1) is 6.10 Å². The predicted octanol–water partition coefficient (Wildman–Crippen LogP) is 2.53. The molecule has 0 bridgehead atoms. The number of carboxylic acids is 1. The van der Waals surface area contributed by atoms with E-state index in [2.05, 4.69) is 25.2 Å². The molecule has 2 aliphatic rings. The summed E-state index contributed by atoms with van der Waals surface area (Å²) >= 11 is 1.64. The molecule has 2 aromatic heterocycles. The third-order valence-electron chi connectivity index (χ3n) is 4.40. The summed E-state index contributed by atoms with van der Waals surface area (Å²) in [4.78, 5) is 15.5. The predicted molar refractivity (Wildman–Crippen MR) is 89.9 cm³/mol. The van der Waals surface area contributed by atoms with Crippen molar-refractivity contribution in [2.75, 3.05) is 18.0 Å². The van der Waals surface area contributed by atoms with Crippen molar-refractivity contribution < 1.29 is 32.3 Å². The van der Waals surface area contributed by atoms with Crippen LogP contribution >= 0.6 is 11.3 Å². The monoisotopic (exact) mass is 421 g/mol. The van der Waals surface area contributed by atoms with E-state index in [-0.39, 0.29) is 12.2 Å². The first-order chi connectivity index (χ1) is 13.1. The van der Waals surface area contributed by atoms with E-state index in [1.807, 2.05) is 13.8 Å². The summed E-state index contributed by atoms with van der Waals surface area (Å²) in [5.74, 6) is -0.922. The maximum absolute atomic E-state index is 10.6. The van der Waals surface area contributed by atoms with Gasteiger partial charge in [-0.05, 0) is 32.6 Å². The fourth-order valence-corrected chi connectivity index (χ4v) is 3.84. The Hall–Kier alpha value is -2.28. The number of aromatic nitrogens is 4. The van der Waals surface area contributed by atoms with Crippen LogP contribution in [0.15, 0.2) is 4.52 Å². The molecule has 154 valence electrons. The summed E-state index contributed by atoms with van der Waals surface area (Å²) in [5.41, 5.74) is 0. The van der Waals surface area contributed by atoms with E-state index in [0.717, 1.165) is 36.1 Å². The number of aliphatic carboxylic acids is 1. The Labute approximate surface area is 161 Å². The van der Waals surface area contributed by atoms with Crippen molar-refractivity contribution in [1.82, 2.24) is 20.3 Å². The number of ether oxygens (including phenoxy) is 1. The van der Waals surface area contributed by atoms with Crippen LogP contribution < -0.4 is 4.90 Å². The summed E-state index contributed by atoms with van der Waals surface area (Å²) in [6.07, 6.45) is -2.86. The average molecular weight is 421 g/mol. The molecule has 0 amide bonds. The van der Waals surface area contributed by atoms with Crippen LogP contribution in [0.3, 0.4) is 0 Å². The molecule has 3 atom stereocenters. The third-order valence-corrected chi connectivity index (χ3v) is 5.30. The van der Waals surface area contributed by atoms with Gasteiger partial charge < -0.3 is 19.3 Å². The second kappa shape index (κ2) is 7.99. The van der Waals surface area contributed by atoms with Crippen molar-refractivity contribution in [3.8, 4) is 0 Å². The van der Waals surface area contributed by atoms with Crippen molar-refractivity contribution in [2.24, 2.45) is 5.92 Å². The molecule has 2 aliphatic heterocycles. The molecule has 1 N–H and O–H groups in total. The zero-order valence-corrected chi connectivity index (χ0v) is 15.8. The SMILES string of the molecule is Cc1noc([C@@H]2C[C@@H]3CCN(c4nnc(C)s4)C[C@H]3O2)n1.O=C(O)C(F)(F)F. The molecule has 2 aromatic rings. The minimum atomic E-state index is -5.08. The largest absolute Gasteiger partial charge is 0.490 e. The number of aryl methyl sites for hydroxylation is 2. The van der Waals surface area contributed by atoms with Gasteiger partial charge in [0.2, 0.25) is 5.13 Å². The minimum absolute atomic E-state index is 0.0580. The number of nitrogens with zero attached hydrogens (tertiary/aromatic N) is 5. The van der Waals surface area contributed by atoms with Gasteiger partial charge >= 0.3 is 12.1 Å². The molecular formula is C15H18F3N5O4S. The first-order valence-electron chi connectivity index (χ1n) is 8.44. The van der Waals surface area contributed by atoms with Gasteiger partial charge in [-0.25, -0.2) is 4.79 Å². The normalized spacial score (nSPS) is 24.5. The van der Waals surface area contributed by atoms with E-state index in [1.165, 1.54) is 0 Å². The van der Waals surface area contributed by atoms with E-state index >= 15 is 0 Å². The van der Waals surface area contributed by atoms with E-state index < -0.39 is 12.1 Å². The summed E-state index contributed by atoms with van der Waals surface area (Å²) in [6, 6.07) is 0. The molecule has 4 rings (SSSR count). The van der Waals surface area contributed by atoms with E-state index in [4.69, 9.17) is 19.2 Å². The molecule has 4 heterocycles. The van der Waals surface area contributed by atoms with Gasteiger partial charge in [-0.15, -0.1) is 10.2 Å². The second-order valence-electron chi connectivity index (χ2n) is 6.48. The highest BCUT2D eigenvalue weighted by Crippen LogP contribution is 2.41. The molecule has 0 spiro atoms. The highest BCUT2D eigenvalue weighted by atomic mass is 32.1. The van der Waals surface area contributed by atoms with Crippen LogP contribution in [0.2, 0.25) is 0 Å². The molecule has 0 radical (unpaired) electrons. The number of hydrogen-bond acceptors (Lipinski definition) is 9. The maximum atomic E-state index is 10.6. The van der Waals surface area contributed by atoms with E-state index in [0.29, 0.717) is 17.6 Å². The maximum Gasteiger partial charge on any atom is 0.490 e. The van der Waals surface area contributed by atoms with Crippen LogP contribution in [0.25, 0.3) is 0 Å². The fraction of sp³-hybridized carbons (Fsp3) is 0.667. The smallest absolute Gasteiger partial charge is 0.475 e. The molecule has 28 heavy (non-hydrogen) atoms. The number of hydrogen-bond donors (Lipinski definition) is 1. The van der Waals surface area contributed by atoms with Gasteiger partial charge in [0.15, 0.2) is 5.82 Å². The molecule has 0 saturated carbocycles. The molecule has 0 aromatic carbocycles. The van der Waals surface area contributed by atoms with Crippen LogP contribution in [-0.2, 0) is 9.53 Å². The summed E-state index contributed by atoms with van der Waals surface area (Å²) in [5, 5.41) is 21.3. The van der Waals surface area contributed by atoms with Gasteiger partial charge in [0.1, 0.15) is 11.1 Å². The van der Waals surface area contributed by atoms with Crippen molar-refractivity contribution in [2.45, 2.75) is 45.1 Å². The summed E-state index contributed by atoms with van der Waals surface area (Å²) in [6.45, 7) is 5.68. The molecule has 13 heteroatoms. The van der Waals surface area contributed by atoms with E-state index in [1.54, 1.807) is 11.3 Å². The molecule has 0 aliphatic carbocycles. The molecular weight excluding hydrogens is 403 g/mol. The van der Waals surface area contributed by atoms with Crippen molar-refractivity contribution in [3.05, 3.63) is 16.7 Å². The Balaban J connectivity index is 0.000000279. The zero-order valence-electron chi connectivity index (χ0n) is 15.0. The molecule has 9 nitrogen and oxygen atoms in total. The first kappa shape index (κ1) is 20.5. The third kappa shape index (κ3) is 4.76. The number of carbonyl (C=O) groups is 1. The Bertz CT molecular complexity index is 788. The average Bonchev–Trinajstić information content (AvgIpc) is 3.32. The van der Waals surface area contributed by atoms with E-state index in [9.17, 15) is 13.2 Å². The van der Waals surface area contributed by atoms with Crippen molar-refractivity contribution in [1.29, 1.82) is 0 Å². The van der Waals surface area contributed by atoms with Crippen LogP contribution in [0.5, 0.6) is 0 Å². The Kier molecular flexibility index (Phi) is 5.84. The lowest BCUT2D eigenvalue weighted by atomic mass is 9.92. The zero-order chi connectivity index (χ0) is 20.5. The summed E-state index contributed by atoms with van der Waals surface area (Å²) in [7, 11) is 0. The van der Waals surface area contributed by atoms with Crippen molar-refractivity contribution in [3.63, 3.8) is 0 Å². The van der Waals surface area contributed by atoms with Crippen LogP contribution in [0.4, 0.5) is 18.3 Å². The van der Waals surface area contributed by atoms with Crippen LogP contribution in [-0.4, -0.2) is 56.8 Å². The Morgan fingerprint density at radius 3 is 2.57 bits per heavy atom. The highest BCUT2D eigenvalue weighted by molar-refractivity contribution is 7.15. The van der Waals surface area contributed by atoms with Gasteiger partial charge in [0.25, 0.3) is 5.89 Å². The fourth-order valence-electron chi connectivity index (χ4n) is 3.12. The lowest BCUT2D eigenvalue weighted by Crippen LogP contribution is -2.42. The number of alkyl halides is 3. The second-order valence-corrected chi connectivity index (χ2v) is 7.64. The number of piperidine rings is 1. The first-order valence-corrected chi connectivity index (χ1v) is 9.26. The van der Waals surface area contributed by atoms with Crippen LogP contribution in [0, 0.1) is 19.8 Å². The quantitative estimate of drug-likeness (QED) is 0.781. The Morgan fingerprint density at radius 1 is 1.32 bits per heavy atom. The summed E-state index contributed by atoms with van der Waals surface area (Å²) < 4.78 is 43.1. The standard InChI is InChI=1S/C13H17N5O2S.C2HF3O2/c1-7-14-12(20-17-7)10-5-9-3-4-18(6-11(9)19-10)13-16-15-8(2)21-13;3-2(4,5)1(6)7/h9-11H,3-6H2,1-2H3;(H,6,7)/t9-,10-,11+;/m0./s1. The lowest BCUT2D eigenvalue weighted by Gasteiger charge is -2.33. The molecule has 2 fully saturated rings. The van der Waals surface area contributed by atoms with Crippen molar-refractivity contribution >= 4 is 22.4 Å². The van der Waals surface area contributed by atoms with Gasteiger partial charge in [-0.3, -0.25) is 0 Å². The van der Waals surface area contributed by atoms with Gasteiger partial charge in [-0.2, -0.15) is 18.2 Å². The Morgan fingerprint density at radius 2 is 2.04 bits per heavy atom. The van der Waals surface area contributed by atoms with Crippen LogP contribution in [0.1, 0.15) is 35.7 Å².